The Morgan fingerprint density at radius 1 is 1.12 bits per heavy atom. The van der Waals surface area contributed by atoms with E-state index < -0.39 is 35.8 Å². The lowest BCUT2D eigenvalue weighted by atomic mass is 10.1. The largest absolute Gasteiger partial charge is 0.444 e. The number of hydrogen-bond donors (Lipinski definition) is 2. The quantitative estimate of drug-likeness (QED) is 0.714. The van der Waals surface area contributed by atoms with Crippen molar-refractivity contribution in [1.29, 1.82) is 0 Å². The molecule has 0 fully saturated rings. The molecule has 0 aliphatic heterocycles. The Hall–Kier alpha value is -1.83. The molecule has 0 aliphatic carbocycles. The molecule has 0 saturated carbocycles. The third kappa shape index (κ3) is 7.16. The fourth-order valence-corrected chi connectivity index (χ4v) is 1.76. The van der Waals surface area contributed by atoms with Gasteiger partial charge in [0.1, 0.15) is 17.7 Å². The van der Waals surface area contributed by atoms with Gasteiger partial charge in [-0.3, -0.25) is 14.5 Å². The zero-order chi connectivity index (χ0) is 19.1. The maximum absolute atomic E-state index is 12.4. The van der Waals surface area contributed by atoms with Crippen molar-refractivity contribution in [2.24, 2.45) is 0 Å². The SMILES string of the molecule is CCNC(=O)C(NC(=O)[C@H](C)N(C)C(=O)OC(C)(C)C)C(C)OC. The molecule has 8 heteroatoms. The minimum Gasteiger partial charge on any atom is -0.444 e. The average Bonchev–Trinajstić information content (AvgIpc) is 2.48. The van der Waals surface area contributed by atoms with Gasteiger partial charge in [-0.1, -0.05) is 0 Å². The molecule has 8 nitrogen and oxygen atoms in total. The zero-order valence-corrected chi connectivity index (χ0v) is 15.9. The summed E-state index contributed by atoms with van der Waals surface area (Å²) in [5.41, 5.74) is -0.657. The van der Waals surface area contributed by atoms with Gasteiger partial charge in [-0.25, -0.2) is 4.79 Å². The first-order valence-electron chi connectivity index (χ1n) is 8.01. The van der Waals surface area contributed by atoms with Crippen molar-refractivity contribution < 1.29 is 23.9 Å². The summed E-state index contributed by atoms with van der Waals surface area (Å²) in [6, 6.07) is -1.65. The lowest BCUT2D eigenvalue weighted by molar-refractivity contribution is -0.134. The summed E-state index contributed by atoms with van der Waals surface area (Å²) in [7, 11) is 2.93. The van der Waals surface area contributed by atoms with E-state index in [9.17, 15) is 14.4 Å². The summed E-state index contributed by atoms with van der Waals surface area (Å²) in [4.78, 5) is 37.7. The van der Waals surface area contributed by atoms with E-state index in [1.54, 1.807) is 41.5 Å². The lowest BCUT2D eigenvalue weighted by Gasteiger charge is -2.30. The summed E-state index contributed by atoms with van der Waals surface area (Å²) in [6.07, 6.45) is -1.13. The van der Waals surface area contributed by atoms with Crippen LogP contribution in [0.2, 0.25) is 0 Å². The van der Waals surface area contributed by atoms with Crippen LogP contribution in [0.5, 0.6) is 0 Å². The van der Waals surface area contributed by atoms with Crippen molar-refractivity contribution in [2.75, 3.05) is 20.7 Å². The number of nitrogens with zero attached hydrogens (tertiary/aromatic N) is 1. The van der Waals surface area contributed by atoms with Crippen molar-refractivity contribution in [3.05, 3.63) is 0 Å². The summed E-state index contributed by atoms with van der Waals surface area (Å²) in [5.74, 6) is -0.809. The van der Waals surface area contributed by atoms with Crippen LogP contribution in [0.25, 0.3) is 0 Å². The second-order valence-corrected chi connectivity index (χ2v) is 6.59. The van der Waals surface area contributed by atoms with E-state index in [0.717, 1.165) is 0 Å². The van der Waals surface area contributed by atoms with Crippen molar-refractivity contribution in [2.45, 2.75) is 65.3 Å². The van der Waals surface area contributed by atoms with Crippen molar-refractivity contribution in [3.63, 3.8) is 0 Å². The Labute approximate surface area is 144 Å². The monoisotopic (exact) mass is 345 g/mol. The highest BCUT2D eigenvalue weighted by atomic mass is 16.6. The van der Waals surface area contributed by atoms with Crippen molar-refractivity contribution in [3.8, 4) is 0 Å². The molecule has 0 bridgehead atoms. The fourth-order valence-electron chi connectivity index (χ4n) is 1.76. The van der Waals surface area contributed by atoms with Crippen molar-refractivity contribution >= 4 is 17.9 Å². The zero-order valence-electron chi connectivity index (χ0n) is 15.9. The fraction of sp³-hybridized carbons (Fsp3) is 0.812. The smallest absolute Gasteiger partial charge is 0.410 e. The minimum atomic E-state index is -0.850. The highest BCUT2D eigenvalue weighted by molar-refractivity contribution is 5.91. The maximum Gasteiger partial charge on any atom is 0.410 e. The van der Waals surface area contributed by atoms with Crippen LogP contribution in [0.3, 0.4) is 0 Å². The molecular weight excluding hydrogens is 314 g/mol. The van der Waals surface area contributed by atoms with E-state index in [1.165, 1.54) is 19.1 Å². The number of amides is 3. The van der Waals surface area contributed by atoms with Gasteiger partial charge in [-0.2, -0.15) is 0 Å². The molecule has 0 heterocycles. The van der Waals surface area contributed by atoms with E-state index in [4.69, 9.17) is 9.47 Å². The number of methoxy groups -OCH3 is 1. The predicted molar refractivity (Wildman–Crippen MR) is 90.5 cm³/mol. The maximum atomic E-state index is 12.4. The number of hydrogen-bond acceptors (Lipinski definition) is 5. The Kier molecular flexibility index (Phi) is 8.74. The minimum absolute atomic E-state index is 0.340. The molecule has 0 spiro atoms. The number of carbonyl (C=O) groups is 3. The van der Waals surface area contributed by atoms with Crippen LogP contribution in [-0.4, -0.2) is 67.3 Å². The molecule has 2 unspecified atom stereocenters. The molecule has 0 aromatic heterocycles. The number of carbonyl (C=O) groups excluding carboxylic acids is 3. The normalized spacial score (nSPS) is 15.0. The first-order valence-corrected chi connectivity index (χ1v) is 8.01. The molecule has 140 valence electrons. The molecule has 0 radical (unpaired) electrons. The Morgan fingerprint density at radius 2 is 1.67 bits per heavy atom. The van der Waals surface area contributed by atoms with Crippen LogP contribution in [0.4, 0.5) is 4.79 Å². The van der Waals surface area contributed by atoms with E-state index in [1.807, 2.05) is 0 Å². The number of ether oxygens (including phenoxy) is 2. The molecule has 0 aromatic carbocycles. The van der Waals surface area contributed by atoms with E-state index >= 15 is 0 Å². The van der Waals surface area contributed by atoms with E-state index in [-0.39, 0.29) is 5.91 Å². The van der Waals surface area contributed by atoms with E-state index in [0.29, 0.717) is 6.54 Å². The highest BCUT2D eigenvalue weighted by Gasteiger charge is 2.32. The van der Waals surface area contributed by atoms with Gasteiger partial charge in [-0.05, 0) is 41.5 Å². The molecule has 24 heavy (non-hydrogen) atoms. The molecule has 2 N–H and O–H groups in total. The lowest BCUT2D eigenvalue weighted by Crippen LogP contribution is -2.57. The van der Waals surface area contributed by atoms with Gasteiger partial charge in [0.15, 0.2) is 0 Å². The molecule has 0 rings (SSSR count). The Bertz CT molecular complexity index is 447. The molecule has 0 saturated heterocycles. The Morgan fingerprint density at radius 3 is 2.08 bits per heavy atom. The number of likely N-dealkylation sites (N-methyl/N-ethyl adjacent to an activating group) is 2. The number of nitrogens with one attached hydrogen (secondary N) is 2. The van der Waals surface area contributed by atoms with Crippen LogP contribution in [-0.2, 0) is 19.1 Å². The standard InChI is InChI=1S/C16H31N3O5/c1-9-17-14(21)12(11(3)23-8)18-13(20)10(2)19(7)15(22)24-16(4,5)6/h10-12H,9H2,1-8H3,(H,17,21)(H,18,20)/t10-,11?,12?/m0/s1. The molecule has 0 aromatic rings. The molecular formula is C16H31N3O5. The highest BCUT2D eigenvalue weighted by Crippen LogP contribution is 2.11. The van der Waals surface area contributed by atoms with Gasteiger partial charge in [-0.15, -0.1) is 0 Å². The van der Waals surface area contributed by atoms with Gasteiger partial charge in [0.25, 0.3) is 0 Å². The summed E-state index contributed by atoms with van der Waals surface area (Å²) in [6.45, 7) is 10.7. The Balaban J connectivity index is 4.96. The van der Waals surface area contributed by atoms with Crippen LogP contribution in [0.15, 0.2) is 0 Å². The van der Waals surface area contributed by atoms with Gasteiger partial charge < -0.3 is 20.1 Å². The average molecular weight is 345 g/mol. The first-order chi connectivity index (χ1) is 10.9. The van der Waals surface area contributed by atoms with Crippen LogP contribution in [0.1, 0.15) is 41.5 Å². The van der Waals surface area contributed by atoms with Gasteiger partial charge in [0.05, 0.1) is 6.10 Å². The van der Waals surface area contributed by atoms with Crippen LogP contribution in [0, 0.1) is 0 Å². The second-order valence-electron chi connectivity index (χ2n) is 6.59. The summed E-state index contributed by atoms with van der Waals surface area (Å²) in [5, 5.41) is 5.27. The molecule has 3 atom stereocenters. The predicted octanol–water partition coefficient (Wildman–Crippen LogP) is 0.898. The van der Waals surface area contributed by atoms with Crippen LogP contribution >= 0.6 is 0 Å². The van der Waals surface area contributed by atoms with Gasteiger partial charge >= 0.3 is 6.09 Å². The van der Waals surface area contributed by atoms with Gasteiger partial charge in [0, 0.05) is 20.7 Å². The third-order valence-corrected chi connectivity index (χ3v) is 3.41. The van der Waals surface area contributed by atoms with Gasteiger partial charge in [0.2, 0.25) is 11.8 Å². The molecule has 0 aliphatic rings. The summed E-state index contributed by atoms with van der Waals surface area (Å²) < 4.78 is 10.4. The van der Waals surface area contributed by atoms with Crippen LogP contribution < -0.4 is 10.6 Å². The second kappa shape index (κ2) is 9.46. The summed E-state index contributed by atoms with van der Waals surface area (Å²) >= 11 is 0. The third-order valence-electron chi connectivity index (χ3n) is 3.41. The molecule has 3 amide bonds. The van der Waals surface area contributed by atoms with E-state index in [2.05, 4.69) is 10.6 Å². The first kappa shape index (κ1) is 22.2. The van der Waals surface area contributed by atoms with Crippen molar-refractivity contribution in [1.82, 2.24) is 15.5 Å². The number of rotatable bonds is 7. The topological polar surface area (TPSA) is 97.0 Å².